The highest BCUT2D eigenvalue weighted by Gasteiger charge is 2.30. The third-order valence-electron chi connectivity index (χ3n) is 4.53. The third-order valence-corrected chi connectivity index (χ3v) is 5.84. The molecule has 0 aromatic heterocycles. The molecule has 1 saturated heterocycles. The van der Waals surface area contributed by atoms with E-state index in [0.29, 0.717) is 25.9 Å². The highest BCUT2D eigenvalue weighted by molar-refractivity contribution is 7.88. The number of carbonyl (C=O) groups excluding carboxylic acids is 1. The molecule has 1 aliphatic heterocycles. The Morgan fingerprint density at radius 2 is 1.96 bits per heavy atom. The summed E-state index contributed by atoms with van der Waals surface area (Å²) in [7, 11) is -1.55. The number of piperidine rings is 1. The van der Waals surface area contributed by atoms with Gasteiger partial charge in [-0.1, -0.05) is 25.1 Å². The number of amides is 1. The van der Waals surface area contributed by atoms with Crippen molar-refractivity contribution < 1.29 is 17.9 Å². The lowest BCUT2D eigenvalue weighted by atomic mass is 9.95. The van der Waals surface area contributed by atoms with Gasteiger partial charge in [0.05, 0.1) is 19.4 Å². The number of carbonyl (C=O) groups is 1. The van der Waals surface area contributed by atoms with E-state index in [-0.39, 0.29) is 17.9 Å². The van der Waals surface area contributed by atoms with Gasteiger partial charge in [0.25, 0.3) is 0 Å². The Bertz CT molecular complexity index is 667. The van der Waals surface area contributed by atoms with Crippen LogP contribution >= 0.6 is 0 Å². The topological polar surface area (TPSA) is 75.7 Å². The van der Waals surface area contributed by atoms with E-state index in [4.69, 9.17) is 4.74 Å². The fourth-order valence-corrected chi connectivity index (χ4v) is 3.97. The molecule has 0 aliphatic carbocycles. The van der Waals surface area contributed by atoms with Crippen LogP contribution in [0.3, 0.4) is 0 Å². The molecular formula is C17H26N2O4S. The molecule has 2 rings (SSSR count). The van der Waals surface area contributed by atoms with Crippen molar-refractivity contribution in [2.45, 2.75) is 32.2 Å². The van der Waals surface area contributed by atoms with Crippen molar-refractivity contribution in [3.8, 4) is 5.75 Å². The van der Waals surface area contributed by atoms with Gasteiger partial charge in [-0.3, -0.25) is 4.79 Å². The summed E-state index contributed by atoms with van der Waals surface area (Å²) < 4.78 is 29.9. The van der Waals surface area contributed by atoms with Gasteiger partial charge in [0.2, 0.25) is 15.9 Å². The first kappa shape index (κ1) is 18.7. The molecule has 1 amide bonds. The number of hydrogen-bond donors (Lipinski definition) is 1. The number of para-hydroxylation sites is 1. The monoisotopic (exact) mass is 354 g/mol. The molecule has 1 heterocycles. The molecule has 1 fully saturated rings. The summed E-state index contributed by atoms with van der Waals surface area (Å²) in [6, 6.07) is 7.56. The van der Waals surface area contributed by atoms with Crippen LogP contribution in [-0.4, -0.2) is 45.1 Å². The molecule has 134 valence electrons. The van der Waals surface area contributed by atoms with Crippen molar-refractivity contribution in [2.75, 3.05) is 26.5 Å². The second-order valence-corrected chi connectivity index (χ2v) is 8.13. The minimum absolute atomic E-state index is 0.0130. The average molecular weight is 354 g/mol. The molecule has 1 aromatic rings. The lowest BCUT2D eigenvalue weighted by Crippen LogP contribution is -2.43. The molecule has 1 aliphatic rings. The Morgan fingerprint density at radius 3 is 2.50 bits per heavy atom. The van der Waals surface area contributed by atoms with Crippen molar-refractivity contribution in [3.63, 3.8) is 0 Å². The molecule has 1 atom stereocenters. The molecule has 1 unspecified atom stereocenters. The number of hydrogen-bond acceptors (Lipinski definition) is 4. The van der Waals surface area contributed by atoms with Gasteiger partial charge in [0.1, 0.15) is 5.75 Å². The molecule has 0 radical (unpaired) electrons. The Morgan fingerprint density at radius 1 is 1.33 bits per heavy atom. The number of nitrogens with one attached hydrogen (secondary N) is 1. The maximum atomic E-state index is 12.6. The molecule has 0 saturated carbocycles. The zero-order valence-electron chi connectivity index (χ0n) is 14.5. The van der Waals surface area contributed by atoms with Crippen LogP contribution in [0.4, 0.5) is 0 Å². The summed E-state index contributed by atoms with van der Waals surface area (Å²) in [5, 5.41) is 3.09. The van der Waals surface area contributed by atoms with E-state index in [1.165, 1.54) is 10.6 Å². The van der Waals surface area contributed by atoms with Crippen LogP contribution < -0.4 is 10.1 Å². The summed E-state index contributed by atoms with van der Waals surface area (Å²) in [6.45, 7) is 2.83. The van der Waals surface area contributed by atoms with Gasteiger partial charge < -0.3 is 10.1 Å². The van der Waals surface area contributed by atoms with Crippen LogP contribution in [0.5, 0.6) is 5.75 Å². The number of rotatable bonds is 6. The standard InChI is InChI=1S/C17H26N2O4S/c1-4-15(14-7-5-6-8-16(14)23-2)18-17(20)13-9-11-19(12-10-13)24(3,21)22/h5-8,13,15H,4,9-12H2,1-3H3,(H,18,20). The first-order valence-electron chi connectivity index (χ1n) is 8.25. The van der Waals surface area contributed by atoms with Crippen LogP contribution in [0.15, 0.2) is 24.3 Å². The molecule has 1 N–H and O–H groups in total. The van der Waals surface area contributed by atoms with E-state index >= 15 is 0 Å². The Balaban J connectivity index is 2.01. The smallest absolute Gasteiger partial charge is 0.223 e. The normalized spacial score (nSPS) is 18.1. The number of ether oxygens (including phenoxy) is 1. The fourth-order valence-electron chi connectivity index (χ4n) is 3.09. The summed E-state index contributed by atoms with van der Waals surface area (Å²) >= 11 is 0. The SMILES string of the molecule is CCC(NC(=O)C1CCN(S(C)(=O)=O)CC1)c1ccccc1OC. The van der Waals surface area contributed by atoms with Crippen LogP contribution in [-0.2, 0) is 14.8 Å². The number of nitrogens with zero attached hydrogens (tertiary/aromatic N) is 1. The Kier molecular flexibility index (Phi) is 6.23. The first-order valence-corrected chi connectivity index (χ1v) is 10.1. The summed E-state index contributed by atoms with van der Waals surface area (Å²) in [4.78, 5) is 12.6. The molecular weight excluding hydrogens is 328 g/mol. The van der Waals surface area contributed by atoms with Gasteiger partial charge in [0, 0.05) is 24.6 Å². The Hall–Kier alpha value is -1.60. The van der Waals surface area contributed by atoms with Gasteiger partial charge in [-0.2, -0.15) is 0 Å². The number of methoxy groups -OCH3 is 1. The van der Waals surface area contributed by atoms with Crippen molar-refractivity contribution in [1.82, 2.24) is 9.62 Å². The highest BCUT2D eigenvalue weighted by Crippen LogP contribution is 2.28. The lowest BCUT2D eigenvalue weighted by Gasteiger charge is -2.30. The zero-order chi connectivity index (χ0) is 17.7. The quantitative estimate of drug-likeness (QED) is 0.847. The van der Waals surface area contributed by atoms with Crippen molar-refractivity contribution in [3.05, 3.63) is 29.8 Å². The molecule has 0 spiro atoms. The van der Waals surface area contributed by atoms with Crippen molar-refractivity contribution >= 4 is 15.9 Å². The van der Waals surface area contributed by atoms with Crippen LogP contribution in [0.2, 0.25) is 0 Å². The summed E-state index contributed by atoms with van der Waals surface area (Å²) in [6.07, 6.45) is 3.08. The van der Waals surface area contributed by atoms with Crippen LogP contribution in [0.25, 0.3) is 0 Å². The molecule has 6 nitrogen and oxygen atoms in total. The minimum Gasteiger partial charge on any atom is -0.496 e. The molecule has 0 bridgehead atoms. The zero-order valence-corrected chi connectivity index (χ0v) is 15.3. The van der Waals surface area contributed by atoms with Gasteiger partial charge in [0.15, 0.2) is 0 Å². The molecule has 7 heteroatoms. The maximum Gasteiger partial charge on any atom is 0.223 e. The molecule has 24 heavy (non-hydrogen) atoms. The van der Waals surface area contributed by atoms with E-state index in [9.17, 15) is 13.2 Å². The van der Waals surface area contributed by atoms with E-state index < -0.39 is 10.0 Å². The largest absolute Gasteiger partial charge is 0.496 e. The van der Waals surface area contributed by atoms with Gasteiger partial charge >= 0.3 is 0 Å². The molecule has 1 aromatic carbocycles. The van der Waals surface area contributed by atoms with E-state index in [2.05, 4.69) is 5.32 Å². The highest BCUT2D eigenvalue weighted by atomic mass is 32.2. The van der Waals surface area contributed by atoms with E-state index in [1.54, 1.807) is 7.11 Å². The Labute approximate surface area is 144 Å². The van der Waals surface area contributed by atoms with Crippen molar-refractivity contribution in [1.29, 1.82) is 0 Å². The lowest BCUT2D eigenvalue weighted by molar-refractivity contribution is -0.126. The second kappa shape index (κ2) is 7.98. The van der Waals surface area contributed by atoms with Crippen molar-refractivity contribution in [2.24, 2.45) is 5.92 Å². The predicted octanol–water partition coefficient (Wildman–Crippen LogP) is 1.93. The van der Waals surface area contributed by atoms with E-state index in [0.717, 1.165) is 17.7 Å². The minimum atomic E-state index is -3.17. The number of benzene rings is 1. The third kappa shape index (κ3) is 4.48. The van der Waals surface area contributed by atoms with Gasteiger partial charge in [-0.05, 0) is 25.3 Å². The van der Waals surface area contributed by atoms with Crippen LogP contribution in [0, 0.1) is 5.92 Å². The summed E-state index contributed by atoms with van der Waals surface area (Å²) in [5.74, 6) is 0.601. The van der Waals surface area contributed by atoms with E-state index in [1.807, 2.05) is 31.2 Å². The predicted molar refractivity (Wildman–Crippen MR) is 93.3 cm³/mol. The van der Waals surface area contributed by atoms with Gasteiger partial charge in [-0.25, -0.2) is 12.7 Å². The maximum absolute atomic E-state index is 12.6. The van der Waals surface area contributed by atoms with Crippen LogP contribution in [0.1, 0.15) is 37.8 Å². The average Bonchev–Trinajstić information content (AvgIpc) is 2.58. The van der Waals surface area contributed by atoms with Gasteiger partial charge in [-0.15, -0.1) is 0 Å². The fraction of sp³-hybridized carbons (Fsp3) is 0.588. The summed E-state index contributed by atoms with van der Waals surface area (Å²) in [5.41, 5.74) is 0.962. The first-order chi connectivity index (χ1) is 11.4. The second-order valence-electron chi connectivity index (χ2n) is 6.15. The number of sulfonamides is 1.